The molecule has 0 saturated carbocycles. The summed E-state index contributed by atoms with van der Waals surface area (Å²) in [4.78, 5) is 24.5. The van der Waals surface area contributed by atoms with Gasteiger partial charge in [0, 0.05) is 0 Å². The summed E-state index contributed by atoms with van der Waals surface area (Å²) in [6.45, 7) is 1.12. The van der Waals surface area contributed by atoms with Gasteiger partial charge in [-0.05, 0) is 36.8 Å². The highest BCUT2D eigenvalue weighted by molar-refractivity contribution is 7.90. The number of sulfonamides is 1. The van der Waals surface area contributed by atoms with E-state index in [1.807, 2.05) is 0 Å². The van der Waals surface area contributed by atoms with Gasteiger partial charge in [0.05, 0.1) is 21.7 Å². The van der Waals surface area contributed by atoms with Gasteiger partial charge >= 0.3 is 0 Å². The smallest absolute Gasteiger partial charge is 0.269 e. The van der Waals surface area contributed by atoms with E-state index in [9.17, 15) is 18.0 Å². The lowest BCUT2D eigenvalue weighted by atomic mass is 10.1. The van der Waals surface area contributed by atoms with Crippen molar-refractivity contribution in [2.75, 3.05) is 6.54 Å². The molecule has 2 aromatic rings. The zero-order valence-corrected chi connectivity index (χ0v) is 15.9. The standard InChI is InChI=1S/C17H14Cl2N2O4S/c1-10(11-6-7-13(18)14(19)8-11)20-16(22)9-21-17(23)12-4-2-3-5-15(12)26(21,24)25/h2-8,10H,9H2,1H3,(H,20,22)/t10-/m1/s1. The molecule has 26 heavy (non-hydrogen) atoms. The SMILES string of the molecule is C[C@@H](NC(=O)CN1C(=O)c2ccccc2S1(=O)=O)c1ccc(Cl)c(Cl)c1. The van der Waals surface area contributed by atoms with Crippen LogP contribution in [-0.4, -0.2) is 31.1 Å². The molecule has 0 saturated heterocycles. The fourth-order valence-electron chi connectivity index (χ4n) is 2.67. The van der Waals surface area contributed by atoms with Crippen molar-refractivity contribution in [2.45, 2.75) is 17.9 Å². The number of amides is 2. The van der Waals surface area contributed by atoms with E-state index < -0.39 is 34.4 Å². The Morgan fingerprint density at radius 2 is 1.85 bits per heavy atom. The summed E-state index contributed by atoms with van der Waals surface area (Å²) >= 11 is 11.8. The summed E-state index contributed by atoms with van der Waals surface area (Å²) in [7, 11) is -4.02. The molecule has 0 aliphatic carbocycles. The minimum atomic E-state index is -4.02. The number of hydrogen-bond acceptors (Lipinski definition) is 4. The minimum absolute atomic E-state index is 0.0674. The molecule has 2 aromatic carbocycles. The molecule has 0 unspecified atom stereocenters. The summed E-state index contributed by atoms with van der Waals surface area (Å²) in [5, 5.41) is 3.39. The molecule has 136 valence electrons. The van der Waals surface area contributed by atoms with E-state index in [1.165, 1.54) is 18.2 Å². The second-order valence-corrected chi connectivity index (χ2v) is 8.42. The van der Waals surface area contributed by atoms with E-state index in [4.69, 9.17) is 23.2 Å². The van der Waals surface area contributed by atoms with E-state index >= 15 is 0 Å². The van der Waals surface area contributed by atoms with Gasteiger partial charge in [0.15, 0.2) is 0 Å². The van der Waals surface area contributed by atoms with Crippen LogP contribution in [0, 0.1) is 0 Å². The Balaban J connectivity index is 1.74. The van der Waals surface area contributed by atoms with Crippen molar-refractivity contribution in [3.63, 3.8) is 0 Å². The monoisotopic (exact) mass is 412 g/mol. The minimum Gasteiger partial charge on any atom is -0.348 e. The second kappa shape index (κ2) is 6.90. The quantitative estimate of drug-likeness (QED) is 0.836. The van der Waals surface area contributed by atoms with Crippen LogP contribution in [0.5, 0.6) is 0 Å². The maximum Gasteiger partial charge on any atom is 0.269 e. The summed E-state index contributed by atoms with van der Waals surface area (Å²) in [5.41, 5.74) is 0.768. The molecular weight excluding hydrogens is 399 g/mol. The number of rotatable bonds is 4. The molecule has 0 spiro atoms. The summed E-state index contributed by atoms with van der Waals surface area (Å²) in [5.74, 6) is -1.31. The molecular formula is C17H14Cl2N2O4S. The number of fused-ring (bicyclic) bond motifs is 1. The van der Waals surface area contributed by atoms with E-state index in [-0.39, 0.29) is 10.5 Å². The van der Waals surface area contributed by atoms with Crippen LogP contribution >= 0.6 is 23.2 Å². The number of halogens is 2. The van der Waals surface area contributed by atoms with Crippen LogP contribution in [0.3, 0.4) is 0 Å². The van der Waals surface area contributed by atoms with Crippen LogP contribution in [-0.2, 0) is 14.8 Å². The summed E-state index contributed by atoms with van der Waals surface area (Å²) in [6, 6.07) is 10.3. The van der Waals surface area contributed by atoms with Crippen LogP contribution in [0.15, 0.2) is 47.4 Å². The molecule has 1 aliphatic heterocycles. The molecule has 0 bridgehead atoms. The highest BCUT2D eigenvalue weighted by Gasteiger charge is 2.41. The van der Waals surface area contributed by atoms with E-state index in [0.717, 1.165) is 0 Å². The first-order valence-electron chi connectivity index (χ1n) is 7.62. The molecule has 0 fully saturated rings. The normalized spacial score (nSPS) is 16.3. The average molecular weight is 413 g/mol. The second-order valence-electron chi connectivity index (χ2n) is 5.78. The number of benzene rings is 2. The van der Waals surface area contributed by atoms with Crippen molar-refractivity contribution in [1.29, 1.82) is 0 Å². The molecule has 1 heterocycles. The van der Waals surface area contributed by atoms with E-state index in [1.54, 1.807) is 31.2 Å². The fraction of sp³-hybridized carbons (Fsp3) is 0.176. The van der Waals surface area contributed by atoms with E-state index in [0.29, 0.717) is 19.9 Å². The zero-order valence-electron chi connectivity index (χ0n) is 13.6. The first-order valence-corrected chi connectivity index (χ1v) is 9.82. The zero-order chi connectivity index (χ0) is 19.1. The van der Waals surface area contributed by atoms with Gasteiger partial charge in [-0.3, -0.25) is 9.59 Å². The molecule has 1 aliphatic rings. The van der Waals surface area contributed by atoms with Crippen LogP contribution in [0.25, 0.3) is 0 Å². The first kappa shape index (κ1) is 18.7. The summed E-state index contributed by atoms with van der Waals surface area (Å²) < 4.78 is 25.5. The summed E-state index contributed by atoms with van der Waals surface area (Å²) in [6.07, 6.45) is 0. The number of carbonyl (C=O) groups excluding carboxylic acids is 2. The van der Waals surface area contributed by atoms with Gasteiger partial charge in [-0.25, -0.2) is 12.7 Å². The van der Waals surface area contributed by atoms with Gasteiger partial charge < -0.3 is 5.32 Å². The lowest BCUT2D eigenvalue weighted by Gasteiger charge is -2.18. The Labute approximate surface area is 160 Å². The molecule has 2 amide bonds. The van der Waals surface area contributed by atoms with Crippen molar-refractivity contribution in [2.24, 2.45) is 0 Å². The van der Waals surface area contributed by atoms with Crippen LogP contribution in [0.4, 0.5) is 0 Å². The third-order valence-corrected chi connectivity index (χ3v) is 6.55. The lowest BCUT2D eigenvalue weighted by molar-refractivity contribution is -0.121. The van der Waals surface area contributed by atoms with Crippen molar-refractivity contribution in [1.82, 2.24) is 9.62 Å². The predicted octanol–water partition coefficient (Wildman–Crippen LogP) is 3.02. The Hall–Kier alpha value is -2.09. The predicted molar refractivity (Wildman–Crippen MR) is 97.7 cm³/mol. The number of nitrogens with one attached hydrogen (secondary N) is 1. The Morgan fingerprint density at radius 3 is 2.50 bits per heavy atom. The molecule has 0 aromatic heterocycles. The molecule has 0 radical (unpaired) electrons. The molecule has 1 atom stereocenters. The van der Waals surface area contributed by atoms with Crippen molar-refractivity contribution in [3.8, 4) is 0 Å². The first-order chi connectivity index (χ1) is 12.2. The highest BCUT2D eigenvalue weighted by Crippen LogP contribution is 2.30. The largest absolute Gasteiger partial charge is 0.348 e. The fourth-order valence-corrected chi connectivity index (χ4v) is 4.50. The van der Waals surface area contributed by atoms with Crippen LogP contribution in [0.1, 0.15) is 28.9 Å². The highest BCUT2D eigenvalue weighted by atomic mass is 35.5. The number of hydrogen-bond donors (Lipinski definition) is 1. The molecule has 3 rings (SSSR count). The van der Waals surface area contributed by atoms with Gasteiger partial charge in [0.2, 0.25) is 5.91 Å². The Kier molecular flexibility index (Phi) is 4.96. The maximum absolute atomic E-state index is 12.5. The average Bonchev–Trinajstić information content (AvgIpc) is 2.78. The van der Waals surface area contributed by atoms with Crippen LogP contribution < -0.4 is 5.32 Å². The van der Waals surface area contributed by atoms with Crippen LogP contribution in [0.2, 0.25) is 10.0 Å². The van der Waals surface area contributed by atoms with Gasteiger partial charge in [0.25, 0.3) is 15.9 Å². The third-order valence-electron chi connectivity index (χ3n) is 4.02. The Bertz CT molecular complexity index is 1010. The third kappa shape index (κ3) is 3.30. The number of nitrogens with zero attached hydrogens (tertiary/aromatic N) is 1. The van der Waals surface area contributed by atoms with E-state index in [2.05, 4.69) is 5.32 Å². The number of carbonyl (C=O) groups is 2. The lowest BCUT2D eigenvalue weighted by Crippen LogP contribution is -2.41. The van der Waals surface area contributed by atoms with Crippen molar-refractivity contribution < 1.29 is 18.0 Å². The maximum atomic E-state index is 12.5. The van der Waals surface area contributed by atoms with Gasteiger partial charge in [0.1, 0.15) is 11.4 Å². The van der Waals surface area contributed by atoms with Gasteiger partial charge in [-0.15, -0.1) is 0 Å². The van der Waals surface area contributed by atoms with Gasteiger partial charge in [-0.2, -0.15) is 0 Å². The molecule has 1 N–H and O–H groups in total. The topological polar surface area (TPSA) is 83.6 Å². The van der Waals surface area contributed by atoms with Crippen molar-refractivity contribution in [3.05, 3.63) is 63.6 Å². The van der Waals surface area contributed by atoms with Gasteiger partial charge in [-0.1, -0.05) is 41.4 Å². The Morgan fingerprint density at radius 1 is 1.15 bits per heavy atom. The van der Waals surface area contributed by atoms with Crippen molar-refractivity contribution >= 4 is 45.0 Å². The molecule has 9 heteroatoms. The molecule has 6 nitrogen and oxygen atoms in total.